The Kier molecular flexibility index (Phi) is 4.06. The van der Waals surface area contributed by atoms with Crippen molar-refractivity contribution in [2.75, 3.05) is 5.75 Å². The molecule has 0 spiro atoms. The summed E-state index contributed by atoms with van der Waals surface area (Å²) < 4.78 is 28.5. The summed E-state index contributed by atoms with van der Waals surface area (Å²) in [6.45, 7) is 2.81. The summed E-state index contributed by atoms with van der Waals surface area (Å²) in [7, 11) is -3.38. The molecule has 5 heteroatoms. The predicted molar refractivity (Wildman–Crippen MR) is 59.7 cm³/mol. The maximum atomic E-state index is 11.8. The Hall–Kier alpha value is -1.36. The lowest BCUT2D eigenvalue weighted by Gasteiger charge is -2.11. The van der Waals surface area contributed by atoms with Gasteiger partial charge in [0.05, 0.1) is 10.6 Å². The minimum atomic E-state index is -3.38. The van der Waals surface area contributed by atoms with Gasteiger partial charge in [-0.3, -0.25) is 4.79 Å². The number of sulfone groups is 1. The maximum Gasteiger partial charge on any atom is 0.302 e. The Balaban J connectivity index is 2.77. The van der Waals surface area contributed by atoms with Crippen LogP contribution in [-0.4, -0.2) is 26.2 Å². The van der Waals surface area contributed by atoms with Crippen molar-refractivity contribution in [3.05, 3.63) is 30.3 Å². The van der Waals surface area contributed by atoms with E-state index in [1.165, 1.54) is 19.1 Å². The minimum absolute atomic E-state index is 0.198. The van der Waals surface area contributed by atoms with E-state index in [-0.39, 0.29) is 10.6 Å². The Labute approximate surface area is 95.2 Å². The molecule has 0 radical (unpaired) electrons. The van der Waals surface area contributed by atoms with Crippen LogP contribution in [0.5, 0.6) is 0 Å². The van der Waals surface area contributed by atoms with Crippen LogP contribution in [0.3, 0.4) is 0 Å². The average molecular weight is 242 g/mol. The van der Waals surface area contributed by atoms with Crippen LogP contribution in [0, 0.1) is 0 Å². The molecule has 0 amide bonds. The van der Waals surface area contributed by atoms with Gasteiger partial charge < -0.3 is 4.74 Å². The Morgan fingerprint density at radius 2 is 1.88 bits per heavy atom. The lowest BCUT2D eigenvalue weighted by molar-refractivity contribution is -0.144. The highest BCUT2D eigenvalue weighted by atomic mass is 32.2. The van der Waals surface area contributed by atoms with Crippen LogP contribution in [0.25, 0.3) is 0 Å². The van der Waals surface area contributed by atoms with Crippen LogP contribution < -0.4 is 0 Å². The van der Waals surface area contributed by atoms with Crippen molar-refractivity contribution in [3.8, 4) is 0 Å². The first-order valence-corrected chi connectivity index (χ1v) is 6.52. The fourth-order valence-electron chi connectivity index (χ4n) is 1.35. The van der Waals surface area contributed by atoms with Crippen molar-refractivity contribution >= 4 is 15.8 Å². The molecular formula is C11H14O4S. The molecule has 0 unspecified atom stereocenters. The van der Waals surface area contributed by atoms with E-state index in [0.717, 1.165) is 0 Å². The molecule has 0 N–H and O–H groups in total. The highest BCUT2D eigenvalue weighted by Gasteiger charge is 2.19. The lowest BCUT2D eigenvalue weighted by atomic mass is 10.4. The van der Waals surface area contributed by atoms with E-state index >= 15 is 0 Å². The number of carbonyl (C=O) groups is 1. The Bertz CT molecular complexity index is 450. The number of ether oxygens (including phenoxy) is 1. The van der Waals surface area contributed by atoms with Crippen LogP contribution >= 0.6 is 0 Å². The molecule has 1 aromatic rings. The third-order valence-electron chi connectivity index (χ3n) is 1.92. The third-order valence-corrected chi connectivity index (χ3v) is 3.82. The van der Waals surface area contributed by atoms with E-state index < -0.39 is 21.9 Å². The van der Waals surface area contributed by atoms with Gasteiger partial charge in [-0.25, -0.2) is 8.42 Å². The summed E-state index contributed by atoms with van der Waals surface area (Å²) in [4.78, 5) is 10.9. The molecule has 1 rings (SSSR count). The molecule has 0 fully saturated rings. The standard InChI is InChI=1S/C11H14O4S/c1-9(15-10(2)12)8-16(13,14)11-6-4-3-5-7-11/h3-7,9H,8H2,1-2H3/t9-/m0/s1. The van der Waals surface area contributed by atoms with E-state index in [1.807, 2.05) is 0 Å². The first-order valence-electron chi connectivity index (χ1n) is 4.87. The van der Waals surface area contributed by atoms with Crippen LogP contribution in [0.1, 0.15) is 13.8 Å². The van der Waals surface area contributed by atoms with Crippen LogP contribution in [0.4, 0.5) is 0 Å². The molecule has 0 bridgehead atoms. The highest BCUT2D eigenvalue weighted by Crippen LogP contribution is 2.12. The number of rotatable bonds is 4. The molecular weight excluding hydrogens is 228 g/mol. The zero-order chi connectivity index (χ0) is 12.2. The second kappa shape index (κ2) is 5.12. The van der Waals surface area contributed by atoms with Crippen molar-refractivity contribution in [2.45, 2.75) is 24.8 Å². The topological polar surface area (TPSA) is 60.4 Å². The summed E-state index contributed by atoms with van der Waals surface area (Å²) in [5.41, 5.74) is 0. The molecule has 4 nitrogen and oxygen atoms in total. The number of esters is 1. The second-order valence-electron chi connectivity index (χ2n) is 3.51. The van der Waals surface area contributed by atoms with Gasteiger partial charge in [-0.05, 0) is 19.1 Å². The third kappa shape index (κ3) is 3.66. The van der Waals surface area contributed by atoms with E-state index in [1.54, 1.807) is 25.1 Å². The molecule has 16 heavy (non-hydrogen) atoms. The monoisotopic (exact) mass is 242 g/mol. The molecule has 1 atom stereocenters. The smallest absolute Gasteiger partial charge is 0.302 e. The molecule has 1 aromatic carbocycles. The number of carbonyl (C=O) groups excluding carboxylic acids is 1. The van der Waals surface area contributed by atoms with Gasteiger partial charge in [0.1, 0.15) is 6.10 Å². The zero-order valence-electron chi connectivity index (χ0n) is 9.21. The van der Waals surface area contributed by atoms with Gasteiger partial charge in [-0.15, -0.1) is 0 Å². The largest absolute Gasteiger partial charge is 0.462 e. The summed E-state index contributed by atoms with van der Waals surface area (Å²) >= 11 is 0. The lowest BCUT2D eigenvalue weighted by Crippen LogP contribution is -2.23. The van der Waals surface area contributed by atoms with Crippen molar-refractivity contribution < 1.29 is 17.9 Å². The summed E-state index contributed by atoms with van der Waals surface area (Å²) in [6, 6.07) is 8.10. The first kappa shape index (κ1) is 12.7. The fraction of sp³-hybridized carbons (Fsp3) is 0.364. The van der Waals surface area contributed by atoms with E-state index in [2.05, 4.69) is 0 Å². The van der Waals surface area contributed by atoms with Gasteiger partial charge in [0.2, 0.25) is 0 Å². The molecule has 0 aliphatic carbocycles. The minimum Gasteiger partial charge on any atom is -0.462 e. The van der Waals surface area contributed by atoms with Crippen LogP contribution in [-0.2, 0) is 19.4 Å². The molecule has 0 aromatic heterocycles. The molecule has 88 valence electrons. The first-order chi connectivity index (χ1) is 7.42. The Morgan fingerprint density at radius 3 is 2.38 bits per heavy atom. The van der Waals surface area contributed by atoms with Crippen LogP contribution in [0.2, 0.25) is 0 Å². The van der Waals surface area contributed by atoms with E-state index in [9.17, 15) is 13.2 Å². The molecule has 0 saturated carbocycles. The van der Waals surface area contributed by atoms with Crippen LogP contribution in [0.15, 0.2) is 35.2 Å². The van der Waals surface area contributed by atoms with Gasteiger partial charge in [-0.1, -0.05) is 18.2 Å². The average Bonchev–Trinajstić information content (AvgIpc) is 2.16. The maximum absolute atomic E-state index is 11.8. The van der Waals surface area contributed by atoms with Gasteiger partial charge in [0.25, 0.3) is 0 Å². The molecule has 0 aliphatic rings. The number of hydrogen-bond acceptors (Lipinski definition) is 4. The SMILES string of the molecule is CC(=O)O[C@@H](C)CS(=O)(=O)c1ccccc1. The highest BCUT2D eigenvalue weighted by molar-refractivity contribution is 7.91. The Morgan fingerprint density at radius 1 is 1.31 bits per heavy atom. The van der Waals surface area contributed by atoms with Gasteiger partial charge in [0, 0.05) is 6.92 Å². The van der Waals surface area contributed by atoms with Gasteiger partial charge >= 0.3 is 5.97 Å². The second-order valence-corrected chi connectivity index (χ2v) is 5.55. The fourth-order valence-corrected chi connectivity index (χ4v) is 2.80. The number of benzene rings is 1. The summed E-state index contributed by atoms with van der Waals surface area (Å²) in [6.07, 6.45) is -0.636. The normalized spacial score (nSPS) is 13.1. The predicted octanol–water partition coefficient (Wildman–Crippen LogP) is 1.41. The quantitative estimate of drug-likeness (QED) is 0.749. The summed E-state index contributed by atoms with van der Waals surface area (Å²) in [5.74, 6) is -0.674. The summed E-state index contributed by atoms with van der Waals surface area (Å²) in [5, 5.41) is 0. The molecule has 0 aliphatic heterocycles. The number of hydrogen-bond donors (Lipinski definition) is 0. The van der Waals surface area contributed by atoms with Crippen molar-refractivity contribution in [2.24, 2.45) is 0 Å². The van der Waals surface area contributed by atoms with E-state index in [0.29, 0.717) is 0 Å². The van der Waals surface area contributed by atoms with Gasteiger partial charge in [0.15, 0.2) is 9.84 Å². The van der Waals surface area contributed by atoms with E-state index in [4.69, 9.17) is 4.74 Å². The van der Waals surface area contributed by atoms with Crippen molar-refractivity contribution in [1.82, 2.24) is 0 Å². The van der Waals surface area contributed by atoms with Crippen molar-refractivity contribution in [3.63, 3.8) is 0 Å². The van der Waals surface area contributed by atoms with Gasteiger partial charge in [-0.2, -0.15) is 0 Å². The van der Waals surface area contributed by atoms with Crippen molar-refractivity contribution in [1.29, 1.82) is 0 Å². The molecule has 0 saturated heterocycles. The molecule has 0 heterocycles. The zero-order valence-corrected chi connectivity index (χ0v) is 10.0.